The fraction of sp³-hybridized carbons (Fsp3) is 0.800. The molecule has 0 aliphatic heterocycles. The zero-order valence-electron chi connectivity index (χ0n) is 11.6. The first kappa shape index (κ1) is 13.8. The molecule has 102 valence electrons. The van der Waals surface area contributed by atoms with Crippen molar-refractivity contribution in [2.75, 3.05) is 6.61 Å². The van der Waals surface area contributed by atoms with E-state index in [-0.39, 0.29) is 18.3 Å². The van der Waals surface area contributed by atoms with Gasteiger partial charge in [-0.15, -0.1) is 0 Å². The lowest BCUT2D eigenvalue weighted by Gasteiger charge is -2.43. The van der Waals surface area contributed by atoms with E-state index in [9.17, 15) is 15.0 Å². The largest absolute Gasteiger partial charge is 0.393 e. The van der Waals surface area contributed by atoms with Gasteiger partial charge in [-0.2, -0.15) is 0 Å². The lowest BCUT2D eigenvalue weighted by atomic mass is 9.63. The van der Waals surface area contributed by atoms with Gasteiger partial charge >= 0.3 is 0 Å². The highest BCUT2D eigenvalue weighted by molar-refractivity contribution is 5.97. The van der Waals surface area contributed by atoms with Gasteiger partial charge in [-0.05, 0) is 36.2 Å². The maximum atomic E-state index is 12.2. The fourth-order valence-corrected chi connectivity index (χ4v) is 3.65. The zero-order chi connectivity index (χ0) is 13.5. The maximum Gasteiger partial charge on any atom is 0.159 e. The fourth-order valence-electron chi connectivity index (χ4n) is 3.65. The van der Waals surface area contributed by atoms with E-state index in [1.807, 2.05) is 13.8 Å². The van der Waals surface area contributed by atoms with E-state index in [0.717, 1.165) is 17.6 Å². The molecule has 0 amide bonds. The Morgan fingerprint density at radius 2 is 2.11 bits per heavy atom. The van der Waals surface area contributed by atoms with Crippen molar-refractivity contribution in [2.45, 2.75) is 52.1 Å². The standard InChI is InChI=1S/C15H24O3/c1-9(2)14-12-7-15(18,8-16)5-4-11(12)10(3)6-13(14)17/h9-11,16,18H,4-8H2,1-3H3. The van der Waals surface area contributed by atoms with Gasteiger partial charge in [-0.1, -0.05) is 26.3 Å². The van der Waals surface area contributed by atoms with Crippen LogP contribution in [0.1, 0.15) is 46.5 Å². The van der Waals surface area contributed by atoms with Gasteiger partial charge in [0.1, 0.15) is 0 Å². The molecule has 0 heterocycles. The molecule has 0 radical (unpaired) electrons. The first-order chi connectivity index (χ1) is 8.38. The smallest absolute Gasteiger partial charge is 0.159 e. The number of carbonyl (C=O) groups is 1. The van der Waals surface area contributed by atoms with E-state index in [0.29, 0.717) is 31.1 Å². The number of hydrogen-bond donors (Lipinski definition) is 2. The molecule has 0 bridgehead atoms. The Balaban J connectivity index is 2.42. The number of allylic oxidation sites excluding steroid dienone is 1. The van der Waals surface area contributed by atoms with Crippen LogP contribution in [0.25, 0.3) is 0 Å². The van der Waals surface area contributed by atoms with E-state index in [4.69, 9.17) is 0 Å². The minimum Gasteiger partial charge on any atom is -0.393 e. The summed E-state index contributed by atoms with van der Waals surface area (Å²) in [4.78, 5) is 12.2. The normalized spacial score (nSPS) is 37.1. The lowest BCUT2D eigenvalue weighted by Crippen LogP contribution is -2.43. The number of fused-ring (bicyclic) bond motifs is 1. The summed E-state index contributed by atoms with van der Waals surface area (Å²) >= 11 is 0. The molecular formula is C15H24O3. The van der Waals surface area contributed by atoms with E-state index in [1.54, 1.807) is 0 Å². The molecule has 3 nitrogen and oxygen atoms in total. The number of ketones is 1. The molecule has 0 spiro atoms. The summed E-state index contributed by atoms with van der Waals surface area (Å²) in [5.74, 6) is 1.25. The Hall–Kier alpha value is -0.670. The van der Waals surface area contributed by atoms with Crippen LogP contribution in [0.2, 0.25) is 0 Å². The van der Waals surface area contributed by atoms with Crippen molar-refractivity contribution >= 4 is 5.78 Å². The molecule has 0 aromatic heterocycles. The van der Waals surface area contributed by atoms with Crippen molar-refractivity contribution in [2.24, 2.45) is 17.8 Å². The van der Waals surface area contributed by atoms with Crippen molar-refractivity contribution in [3.05, 3.63) is 11.1 Å². The molecule has 3 unspecified atom stereocenters. The molecule has 3 heteroatoms. The molecule has 3 atom stereocenters. The minimum atomic E-state index is -1.01. The van der Waals surface area contributed by atoms with Crippen LogP contribution >= 0.6 is 0 Å². The van der Waals surface area contributed by atoms with Crippen molar-refractivity contribution in [3.8, 4) is 0 Å². The molecule has 1 fully saturated rings. The number of carbonyl (C=O) groups excluding carboxylic acids is 1. The monoisotopic (exact) mass is 252 g/mol. The molecule has 0 saturated heterocycles. The molecule has 2 aliphatic carbocycles. The van der Waals surface area contributed by atoms with Gasteiger partial charge in [0.15, 0.2) is 5.78 Å². The Bertz CT molecular complexity index is 383. The van der Waals surface area contributed by atoms with Crippen LogP contribution in [-0.4, -0.2) is 28.2 Å². The third kappa shape index (κ3) is 2.26. The van der Waals surface area contributed by atoms with Gasteiger partial charge in [-0.25, -0.2) is 0 Å². The average molecular weight is 252 g/mol. The molecular weight excluding hydrogens is 228 g/mol. The van der Waals surface area contributed by atoms with Crippen LogP contribution in [0.4, 0.5) is 0 Å². The summed E-state index contributed by atoms with van der Waals surface area (Å²) in [6.45, 7) is 6.00. The van der Waals surface area contributed by atoms with Crippen LogP contribution in [0.3, 0.4) is 0 Å². The summed E-state index contributed by atoms with van der Waals surface area (Å²) in [6.07, 6.45) is 2.63. The van der Waals surface area contributed by atoms with Crippen LogP contribution in [0, 0.1) is 17.8 Å². The second-order valence-corrected chi connectivity index (χ2v) is 6.40. The first-order valence-corrected chi connectivity index (χ1v) is 6.97. The second-order valence-electron chi connectivity index (χ2n) is 6.40. The van der Waals surface area contributed by atoms with Gasteiger partial charge in [0.2, 0.25) is 0 Å². The average Bonchev–Trinajstić information content (AvgIpc) is 2.27. The number of Topliss-reactive ketones (excluding diaryl/α,β-unsaturated/α-hetero) is 1. The quantitative estimate of drug-likeness (QED) is 0.791. The van der Waals surface area contributed by atoms with Gasteiger partial charge in [0, 0.05) is 12.8 Å². The molecule has 0 aromatic carbocycles. The van der Waals surface area contributed by atoms with Crippen molar-refractivity contribution < 1.29 is 15.0 Å². The van der Waals surface area contributed by atoms with E-state index >= 15 is 0 Å². The summed E-state index contributed by atoms with van der Waals surface area (Å²) < 4.78 is 0. The SMILES string of the molecule is CC(C)C1=C2CC(O)(CO)CCC2C(C)CC1=O. The van der Waals surface area contributed by atoms with Crippen LogP contribution in [0.15, 0.2) is 11.1 Å². The van der Waals surface area contributed by atoms with Crippen molar-refractivity contribution in [1.29, 1.82) is 0 Å². The summed E-state index contributed by atoms with van der Waals surface area (Å²) in [5, 5.41) is 19.6. The van der Waals surface area contributed by atoms with E-state index in [2.05, 4.69) is 6.92 Å². The van der Waals surface area contributed by atoms with E-state index in [1.165, 1.54) is 0 Å². The van der Waals surface area contributed by atoms with Crippen LogP contribution in [0.5, 0.6) is 0 Å². The Labute approximate surface area is 109 Å². The van der Waals surface area contributed by atoms with Crippen molar-refractivity contribution in [1.82, 2.24) is 0 Å². The van der Waals surface area contributed by atoms with E-state index < -0.39 is 5.60 Å². The topological polar surface area (TPSA) is 57.5 Å². The lowest BCUT2D eigenvalue weighted by molar-refractivity contribution is -0.118. The predicted octanol–water partition coefficient (Wildman–Crippen LogP) is 2.07. The van der Waals surface area contributed by atoms with Gasteiger partial charge in [0.05, 0.1) is 12.2 Å². The Kier molecular flexibility index (Phi) is 3.65. The van der Waals surface area contributed by atoms with Crippen LogP contribution in [-0.2, 0) is 4.79 Å². The highest BCUT2D eigenvalue weighted by Gasteiger charge is 2.43. The predicted molar refractivity (Wildman–Crippen MR) is 70.0 cm³/mol. The third-order valence-corrected chi connectivity index (χ3v) is 4.60. The van der Waals surface area contributed by atoms with Gasteiger partial charge in [0.25, 0.3) is 0 Å². The molecule has 18 heavy (non-hydrogen) atoms. The minimum absolute atomic E-state index is 0.211. The van der Waals surface area contributed by atoms with Crippen molar-refractivity contribution in [3.63, 3.8) is 0 Å². The molecule has 0 aromatic rings. The van der Waals surface area contributed by atoms with Crippen LogP contribution < -0.4 is 0 Å². The number of rotatable bonds is 2. The highest BCUT2D eigenvalue weighted by Crippen LogP contribution is 2.46. The third-order valence-electron chi connectivity index (χ3n) is 4.60. The van der Waals surface area contributed by atoms with Gasteiger partial charge in [-0.3, -0.25) is 4.79 Å². The number of hydrogen-bond acceptors (Lipinski definition) is 3. The summed E-state index contributed by atoms with van der Waals surface area (Å²) in [5.41, 5.74) is 1.03. The van der Waals surface area contributed by atoms with Gasteiger partial charge < -0.3 is 10.2 Å². The molecule has 2 N–H and O–H groups in total. The summed E-state index contributed by atoms with van der Waals surface area (Å²) in [7, 11) is 0. The molecule has 1 saturated carbocycles. The maximum absolute atomic E-state index is 12.2. The Morgan fingerprint density at radius 3 is 2.67 bits per heavy atom. The zero-order valence-corrected chi connectivity index (χ0v) is 11.6. The Morgan fingerprint density at radius 1 is 1.44 bits per heavy atom. The highest BCUT2D eigenvalue weighted by atomic mass is 16.3. The molecule has 2 aliphatic rings. The number of aliphatic hydroxyl groups excluding tert-OH is 1. The summed E-state index contributed by atoms with van der Waals surface area (Å²) in [6, 6.07) is 0. The number of aliphatic hydroxyl groups is 2. The second kappa shape index (κ2) is 4.78. The molecule has 2 rings (SSSR count). The first-order valence-electron chi connectivity index (χ1n) is 6.97.